The van der Waals surface area contributed by atoms with Crippen molar-refractivity contribution in [1.29, 1.82) is 0 Å². The largest absolute Gasteiger partial charge is 0.295 e. The first kappa shape index (κ1) is 12.0. The van der Waals surface area contributed by atoms with Gasteiger partial charge in [-0.05, 0) is 13.0 Å². The zero-order valence-corrected chi connectivity index (χ0v) is 10.2. The van der Waals surface area contributed by atoms with Crippen LogP contribution in [0.5, 0.6) is 0 Å². The van der Waals surface area contributed by atoms with E-state index < -0.39 is 0 Å². The maximum atomic E-state index is 5.76. The first-order valence-electron chi connectivity index (χ1n) is 5.03. The monoisotopic (exact) mass is 232 g/mol. The van der Waals surface area contributed by atoms with E-state index in [9.17, 15) is 0 Å². The van der Waals surface area contributed by atoms with Crippen LogP contribution < -0.4 is 0 Å². The van der Waals surface area contributed by atoms with Crippen LogP contribution in [0.2, 0.25) is 0 Å². The smallest absolute Gasteiger partial charge is 0.107 e. The lowest BCUT2D eigenvalue weighted by Gasteiger charge is -2.19. The van der Waals surface area contributed by atoms with Crippen LogP contribution in [-0.4, -0.2) is 28.9 Å². The average Bonchev–Trinajstić information content (AvgIpc) is 2.67. The van der Waals surface area contributed by atoms with E-state index in [4.69, 9.17) is 11.6 Å². The highest BCUT2D eigenvalue weighted by molar-refractivity contribution is 7.09. The summed E-state index contributed by atoms with van der Waals surface area (Å²) in [6, 6.07) is 0. The minimum absolute atomic E-state index is 0.703. The number of rotatable bonds is 7. The van der Waals surface area contributed by atoms with Gasteiger partial charge in [-0.25, -0.2) is 4.98 Å². The van der Waals surface area contributed by atoms with Gasteiger partial charge in [0.05, 0.1) is 6.54 Å². The molecular weight excluding hydrogens is 216 g/mol. The van der Waals surface area contributed by atoms with Crippen LogP contribution >= 0.6 is 22.9 Å². The van der Waals surface area contributed by atoms with Crippen molar-refractivity contribution in [1.82, 2.24) is 9.88 Å². The van der Waals surface area contributed by atoms with E-state index in [0.29, 0.717) is 5.88 Å². The highest BCUT2D eigenvalue weighted by atomic mass is 35.5. The number of hydrogen-bond acceptors (Lipinski definition) is 3. The Morgan fingerprint density at radius 3 is 2.93 bits per heavy atom. The molecule has 0 fully saturated rings. The Morgan fingerprint density at radius 2 is 2.36 bits per heavy atom. The van der Waals surface area contributed by atoms with E-state index in [2.05, 4.69) is 16.8 Å². The molecule has 1 heterocycles. The first-order valence-corrected chi connectivity index (χ1v) is 6.45. The summed E-state index contributed by atoms with van der Waals surface area (Å²) in [6.45, 7) is 5.25. The predicted octanol–water partition coefficient (Wildman–Crippen LogP) is 2.98. The van der Waals surface area contributed by atoms with E-state index in [1.165, 1.54) is 17.8 Å². The molecule has 0 aliphatic carbocycles. The summed E-state index contributed by atoms with van der Waals surface area (Å²) in [6.07, 6.45) is 4.33. The molecule has 0 atom stereocenters. The molecule has 4 heteroatoms. The number of thiazole rings is 1. The summed E-state index contributed by atoms with van der Waals surface area (Å²) in [5.74, 6) is 0.703. The van der Waals surface area contributed by atoms with Gasteiger partial charge in [0.2, 0.25) is 0 Å². The van der Waals surface area contributed by atoms with E-state index in [1.807, 2.05) is 11.6 Å². The summed E-state index contributed by atoms with van der Waals surface area (Å²) in [5.41, 5.74) is 0. The zero-order chi connectivity index (χ0) is 10.2. The van der Waals surface area contributed by atoms with Crippen LogP contribution in [0.3, 0.4) is 0 Å². The second kappa shape index (κ2) is 7.21. The molecule has 1 rings (SSSR count). The molecule has 2 nitrogen and oxygen atoms in total. The number of unbranched alkanes of at least 4 members (excludes halogenated alkanes) is 1. The molecule has 0 spiro atoms. The van der Waals surface area contributed by atoms with E-state index in [0.717, 1.165) is 19.6 Å². The molecule has 0 aromatic carbocycles. The average molecular weight is 233 g/mol. The van der Waals surface area contributed by atoms with Gasteiger partial charge in [-0.15, -0.1) is 22.9 Å². The maximum absolute atomic E-state index is 5.76. The maximum Gasteiger partial charge on any atom is 0.107 e. The first-order chi connectivity index (χ1) is 6.86. The molecule has 0 aliphatic rings. The third kappa shape index (κ3) is 4.40. The summed E-state index contributed by atoms with van der Waals surface area (Å²) >= 11 is 7.47. The number of halogens is 1. The van der Waals surface area contributed by atoms with Gasteiger partial charge in [0.25, 0.3) is 0 Å². The quantitative estimate of drug-likeness (QED) is 0.672. The van der Waals surface area contributed by atoms with Crippen LogP contribution in [-0.2, 0) is 6.54 Å². The highest BCUT2D eigenvalue weighted by Gasteiger charge is 2.05. The normalized spacial score (nSPS) is 11.1. The van der Waals surface area contributed by atoms with Crippen LogP contribution in [0.25, 0.3) is 0 Å². The summed E-state index contributed by atoms with van der Waals surface area (Å²) < 4.78 is 0. The fraction of sp³-hybridized carbons (Fsp3) is 0.700. The van der Waals surface area contributed by atoms with Gasteiger partial charge in [0, 0.05) is 24.0 Å². The highest BCUT2D eigenvalue weighted by Crippen LogP contribution is 2.08. The third-order valence-electron chi connectivity index (χ3n) is 2.07. The van der Waals surface area contributed by atoms with Gasteiger partial charge in [-0.2, -0.15) is 0 Å². The van der Waals surface area contributed by atoms with Gasteiger partial charge < -0.3 is 0 Å². The van der Waals surface area contributed by atoms with E-state index in [-0.39, 0.29) is 0 Å². The Kier molecular flexibility index (Phi) is 6.15. The fourth-order valence-electron chi connectivity index (χ4n) is 1.29. The Labute approximate surface area is 94.9 Å². The number of aromatic nitrogens is 1. The Morgan fingerprint density at radius 1 is 1.50 bits per heavy atom. The Balaban J connectivity index is 2.34. The second-order valence-electron chi connectivity index (χ2n) is 3.24. The Hall–Kier alpha value is -0.120. The molecule has 1 aromatic heterocycles. The van der Waals surface area contributed by atoms with Crippen molar-refractivity contribution in [2.75, 3.05) is 19.0 Å². The van der Waals surface area contributed by atoms with Crippen molar-refractivity contribution in [2.24, 2.45) is 0 Å². The van der Waals surface area contributed by atoms with Gasteiger partial charge in [0.1, 0.15) is 5.01 Å². The van der Waals surface area contributed by atoms with Gasteiger partial charge in [0.15, 0.2) is 0 Å². The minimum atomic E-state index is 0.703. The van der Waals surface area contributed by atoms with Crippen LogP contribution in [0.1, 0.15) is 24.8 Å². The van der Waals surface area contributed by atoms with E-state index in [1.54, 1.807) is 11.3 Å². The molecule has 0 bridgehead atoms. The van der Waals surface area contributed by atoms with Crippen molar-refractivity contribution < 1.29 is 0 Å². The molecule has 0 saturated carbocycles. The van der Waals surface area contributed by atoms with Crippen LogP contribution in [0.4, 0.5) is 0 Å². The van der Waals surface area contributed by atoms with Crippen molar-refractivity contribution in [3.8, 4) is 0 Å². The van der Waals surface area contributed by atoms with Gasteiger partial charge in [-0.1, -0.05) is 13.3 Å². The molecule has 0 saturated heterocycles. The predicted molar refractivity (Wildman–Crippen MR) is 63.0 cm³/mol. The lowest BCUT2D eigenvalue weighted by molar-refractivity contribution is 0.276. The summed E-state index contributed by atoms with van der Waals surface area (Å²) in [4.78, 5) is 6.65. The number of hydrogen-bond donors (Lipinski definition) is 0. The molecule has 0 unspecified atom stereocenters. The molecule has 1 aromatic rings. The Bertz CT molecular complexity index is 226. The van der Waals surface area contributed by atoms with Crippen LogP contribution in [0.15, 0.2) is 11.6 Å². The number of alkyl halides is 1. The molecule has 0 amide bonds. The SMILES string of the molecule is CCCCN(CCCl)Cc1nccs1. The molecule has 80 valence electrons. The summed E-state index contributed by atoms with van der Waals surface area (Å²) in [5, 5.41) is 3.21. The van der Waals surface area contributed by atoms with Crippen molar-refractivity contribution in [3.05, 3.63) is 16.6 Å². The molecule has 14 heavy (non-hydrogen) atoms. The van der Waals surface area contributed by atoms with Crippen LogP contribution in [0, 0.1) is 0 Å². The summed E-state index contributed by atoms with van der Waals surface area (Å²) in [7, 11) is 0. The third-order valence-corrected chi connectivity index (χ3v) is 3.00. The second-order valence-corrected chi connectivity index (χ2v) is 4.60. The fourth-order valence-corrected chi connectivity index (χ4v) is 2.19. The van der Waals surface area contributed by atoms with Crippen molar-refractivity contribution in [3.63, 3.8) is 0 Å². The topological polar surface area (TPSA) is 16.1 Å². The zero-order valence-electron chi connectivity index (χ0n) is 8.58. The molecule has 0 aliphatic heterocycles. The van der Waals surface area contributed by atoms with Gasteiger partial charge in [-0.3, -0.25) is 4.90 Å². The molecule has 0 N–H and O–H groups in total. The van der Waals surface area contributed by atoms with E-state index >= 15 is 0 Å². The number of nitrogens with zero attached hydrogens (tertiary/aromatic N) is 2. The van der Waals surface area contributed by atoms with Crippen molar-refractivity contribution >= 4 is 22.9 Å². The van der Waals surface area contributed by atoms with Gasteiger partial charge >= 0.3 is 0 Å². The standard InChI is InChI=1S/C10H17ClN2S/c1-2-3-6-13(7-4-11)9-10-12-5-8-14-10/h5,8H,2-4,6-7,9H2,1H3. The van der Waals surface area contributed by atoms with Crippen molar-refractivity contribution in [2.45, 2.75) is 26.3 Å². The lowest BCUT2D eigenvalue weighted by Crippen LogP contribution is -2.26. The molecular formula is C10H17ClN2S. The lowest BCUT2D eigenvalue weighted by atomic mass is 10.3. The molecule has 0 radical (unpaired) electrons. The minimum Gasteiger partial charge on any atom is -0.295 e.